The molecule has 0 spiro atoms. The standard InChI is InChI=1S/C25H27NO5.C16H17N.C5H8O2.C4H9O.CO2.K/c1-3-30-23(28)20-17-25(16-15-21(20)27,24(29)31-4-2)26-22(18-11-7-5-8-12-18)19-13-9-6-10-14-19;1-2-13-17-16(14-9-5-3-6-10-14)15-11-7-4-8-12-15;1-3-5(6)7-4-2;1-4(2,3)5;2-1-3;/h5-14,20H,3-4,15-17H2,1-2H3;3-12H,2,13H2,1H3;3H,1,4H2,2H3;1-3H3;;/q;;;-1;;+1. The molecule has 0 radical (unpaired) electrons. The second kappa shape index (κ2) is 33.5. The van der Waals surface area contributed by atoms with Crippen LogP contribution in [0.25, 0.3) is 0 Å². The third kappa shape index (κ3) is 23.1. The molecule has 1 aliphatic rings. The number of hydrogen-bond acceptors (Lipinski definition) is 12. The molecule has 12 nitrogen and oxygen atoms in total. The van der Waals surface area contributed by atoms with Crippen LogP contribution in [0.1, 0.15) is 96.4 Å². The Morgan fingerprint density at radius 3 is 1.42 bits per heavy atom. The van der Waals surface area contributed by atoms with E-state index in [9.17, 15) is 24.3 Å². The molecule has 1 fully saturated rings. The summed E-state index contributed by atoms with van der Waals surface area (Å²) < 4.78 is 14.9. The van der Waals surface area contributed by atoms with E-state index in [1.54, 1.807) is 41.5 Å². The fourth-order valence-corrected chi connectivity index (χ4v) is 5.78. The van der Waals surface area contributed by atoms with Crippen molar-refractivity contribution in [2.24, 2.45) is 15.9 Å². The summed E-state index contributed by atoms with van der Waals surface area (Å²) in [6, 6.07) is 39.8. The molecule has 0 aromatic heterocycles. The summed E-state index contributed by atoms with van der Waals surface area (Å²) >= 11 is 0. The molecule has 1 saturated carbocycles. The first-order valence-corrected chi connectivity index (χ1v) is 20.9. The molecule has 4 aromatic rings. The number of carbonyl (C=O) groups is 4. The largest absolute Gasteiger partial charge is 1.00 e. The normalized spacial score (nSPS) is 14.5. The molecular formula is C51H61KN2O10. The minimum atomic E-state index is -1.34. The van der Waals surface area contributed by atoms with E-state index in [0.29, 0.717) is 12.3 Å². The summed E-state index contributed by atoms with van der Waals surface area (Å²) in [5.74, 6) is -2.76. The van der Waals surface area contributed by atoms with Gasteiger partial charge in [-0.25, -0.2) is 9.59 Å². The summed E-state index contributed by atoms with van der Waals surface area (Å²) in [5.41, 5.74) is 3.66. The Balaban J connectivity index is 0.00000100. The van der Waals surface area contributed by atoms with Crippen molar-refractivity contribution < 1.29 is 99.5 Å². The van der Waals surface area contributed by atoms with Crippen LogP contribution in [0, 0.1) is 5.92 Å². The number of ketones is 1. The molecule has 0 aliphatic heterocycles. The fourth-order valence-electron chi connectivity index (χ4n) is 5.78. The SMILES string of the molecule is C=CC(=O)OCC.CC(C)(C)[O-].CCCN=C(c1ccccc1)c1ccccc1.CCOC(=O)C1CC(N=C(c2ccccc2)c2ccccc2)(C(=O)OCC)CCC1=O.O=C=O.[K+]. The van der Waals surface area contributed by atoms with Gasteiger partial charge < -0.3 is 19.3 Å². The second-order valence-corrected chi connectivity index (χ2v) is 14.5. The van der Waals surface area contributed by atoms with Gasteiger partial charge in [0.05, 0.1) is 31.2 Å². The molecule has 0 amide bonds. The van der Waals surface area contributed by atoms with Crippen LogP contribution in [0.2, 0.25) is 0 Å². The Hall–Kier alpha value is -4.98. The van der Waals surface area contributed by atoms with E-state index < -0.39 is 29.0 Å². The number of esters is 3. The summed E-state index contributed by atoms with van der Waals surface area (Å²) in [4.78, 5) is 74.1. The maximum atomic E-state index is 13.2. The quantitative estimate of drug-likeness (QED) is 0.0444. The first kappa shape index (κ1) is 59.0. The van der Waals surface area contributed by atoms with Crippen LogP contribution in [-0.4, -0.2) is 78.8 Å². The van der Waals surface area contributed by atoms with Crippen molar-refractivity contribution in [3.8, 4) is 0 Å². The van der Waals surface area contributed by atoms with E-state index in [0.717, 1.165) is 35.9 Å². The molecule has 0 N–H and O–H groups in total. The zero-order valence-electron chi connectivity index (χ0n) is 38.5. The van der Waals surface area contributed by atoms with Gasteiger partial charge in [0.15, 0.2) is 5.54 Å². The predicted octanol–water partition coefficient (Wildman–Crippen LogP) is 4.99. The Labute approximate surface area is 421 Å². The summed E-state index contributed by atoms with van der Waals surface area (Å²) in [6.45, 7) is 17.1. The molecule has 336 valence electrons. The number of aliphatic imine (C=N–C) groups is 2. The van der Waals surface area contributed by atoms with Gasteiger partial charge in [0.2, 0.25) is 0 Å². The van der Waals surface area contributed by atoms with Crippen LogP contribution < -0.4 is 56.5 Å². The monoisotopic (exact) mass is 900 g/mol. The van der Waals surface area contributed by atoms with Crippen molar-refractivity contribution in [3.05, 3.63) is 156 Å². The minimum absolute atomic E-state index is 0. The fraction of sp³-hybridized carbons (Fsp3) is 0.353. The van der Waals surface area contributed by atoms with Gasteiger partial charge in [0.1, 0.15) is 11.7 Å². The Kier molecular flexibility index (Phi) is 30.9. The van der Waals surface area contributed by atoms with E-state index in [2.05, 4.69) is 66.8 Å². The van der Waals surface area contributed by atoms with E-state index in [-0.39, 0.29) is 102 Å². The smallest absolute Gasteiger partial charge is 0.850 e. The second-order valence-electron chi connectivity index (χ2n) is 14.5. The van der Waals surface area contributed by atoms with Crippen molar-refractivity contribution in [3.63, 3.8) is 0 Å². The van der Waals surface area contributed by atoms with Gasteiger partial charge in [-0.2, -0.15) is 9.59 Å². The molecule has 5 rings (SSSR count). The van der Waals surface area contributed by atoms with Crippen molar-refractivity contribution in [1.82, 2.24) is 0 Å². The van der Waals surface area contributed by atoms with Gasteiger partial charge in [-0.05, 0) is 33.6 Å². The molecule has 0 bridgehead atoms. The van der Waals surface area contributed by atoms with Crippen LogP contribution in [0.4, 0.5) is 0 Å². The maximum absolute atomic E-state index is 13.2. The van der Waals surface area contributed by atoms with Gasteiger partial charge in [-0.1, -0.05) is 156 Å². The van der Waals surface area contributed by atoms with Crippen molar-refractivity contribution in [2.45, 2.75) is 85.3 Å². The maximum Gasteiger partial charge on any atom is 1.00 e. The average molecular weight is 901 g/mol. The summed E-state index contributed by atoms with van der Waals surface area (Å²) in [5, 5.41) is 10.1. The zero-order valence-corrected chi connectivity index (χ0v) is 41.7. The van der Waals surface area contributed by atoms with E-state index in [1.165, 1.54) is 11.1 Å². The van der Waals surface area contributed by atoms with Crippen LogP contribution >= 0.6 is 0 Å². The number of benzene rings is 4. The third-order valence-electron chi connectivity index (χ3n) is 8.40. The van der Waals surface area contributed by atoms with Crippen molar-refractivity contribution in [1.29, 1.82) is 0 Å². The van der Waals surface area contributed by atoms with Crippen LogP contribution in [0.15, 0.2) is 144 Å². The Bertz CT molecular complexity index is 1980. The minimum Gasteiger partial charge on any atom is -0.850 e. The topological polar surface area (TPSA) is 178 Å². The van der Waals surface area contributed by atoms with Gasteiger partial charge in [-0.15, -0.1) is 5.60 Å². The van der Waals surface area contributed by atoms with Crippen molar-refractivity contribution in [2.75, 3.05) is 26.4 Å². The number of ether oxygens (including phenoxy) is 3. The average Bonchev–Trinajstić information content (AvgIpc) is 3.28. The number of carbonyl (C=O) groups excluding carboxylic acids is 6. The molecular weight excluding hydrogens is 840 g/mol. The first-order valence-electron chi connectivity index (χ1n) is 20.9. The van der Waals surface area contributed by atoms with Crippen LogP contribution in [-0.2, 0) is 43.0 Å². The number of hydrogen-bond donors (Lipinski definition) is 0. The van der Waals surface area contributed by atoms with E-state index in [4.69, 9.17) is 29.0 Å². The summed E-state index contributed by atoms with van der Waals surface area (Å²) in [6.07, 6.45) is 2.64. The van der Waals surface area contributed by atoms with Gasteiger partial charge in [0.25, 0.3) is 0 Å². The number of Topliss-reactive ketones (excluding diaryl/α,β-unsaturated/α-hetero) is 1. The number of rotatable bonds is 13. The Morgan fingerprint density at radius 1 is 0.719 bits per heavy atom. The predicted molar refractivity (Wildman–Crippen MR) is 242 cm³/mol. The van der Waals surface area contributed by atoms with E-state index in [1.807, 2.05) is 72.8 Å². The Morgan fingerprint density at radius 2 is 1.09 bits per heavy atom. The first-order chi connectivity index (χ1) is 30.1. The number of nitrogens with zero attached hydrogens (tertiary/aromatic N) is 2. The van der Waals surface area contributed by atoms with Crippen LogP contribution in [0.3, 0.4) is 0 Å². The van der Waals surface area contributed by atoms with Gasteiger partial charge in [-0.3, -0.25) is 19.6 Å². The molecule has 2 atom stereocenters. The molecule has 2 unspecified atom stereocenters. The molecule has 13 heteroatoms. The van der Waals surface area contributed by atoms with Gasteiger partial charge in [0, 0.05) is 47.7 Å². The molecule has 1 aliphatic carbocycles. The van der Waals surface area contributed by atoms with Gasteiger partial charge >= 0.3 is 75.4 Å². The molecule has 0 saturated heterocycles. The zero-order chi connectivity index (χ0) is 47.1. The summed E-state index contributed by atoms with van der Waals surface area (Å²) in [7, 11) is 0. The van der Waals surface area contributed by atoms with Crippen LogP contribution in [0.5, 0.6) is 0 Å². The third-order valence-corrected chi connectivity index (χ3v) is 8.40. The molecule has 4 aromatic carbocycles. The van der Waals surface area contributed by atoms with Crippen molar-refractivity contribution >= 4 is 41.3 Å². The molecule has 64 heavy (non-hydrogen) atoms. The van der Waals surface area contributed by atoms with E-state index >= 15 is 0 Å². The molecule has 0 heterocycles.